The van der Waals surface area contributed by atoms with Crippen LogP contribution in [0.3, 0.4) is 0 Å². The van der Waals surface area contributed by atoms with E-state index in [1.54, 1.807) is 0 Å². The molecule has 0 aliphatic rings. The van der Waals surface area contributed by atoms with Crippen molar-refractivity contribution in [2.45, 2.75) is 16.4 Å². The number of hydrogen-bond acceptors (Lipinski definition) is 9. The Morgan fingerprint density at radius 1 is 0.909 bits per heavy atom. The van der Waals surface area contributed by atoms with Gasteiger partial charge >= 0.3 is 48.6 Å². The fourth-order valence-electron chi connectivity index (χ4n) is 1.73. The highest BCUT2D eigenvalue weighted by atomic mass is 32.2. The first-order chi connectivity index (χ1) is 14.8. The third-order valence-corrected chi connectivity index (χ3v) is 5.59. The van der Waals surface area contributed by atoms with Crippen LogP contribution < -0.4 is 4.18 Å². The van der Waals surface area contributed by atoms with Crippen molar-refractivity contribution < 1.29 is 71.0 Å². The van der Waals surface area contributed by atoms with E-state index < -0.39 is 61.0 Å². The van der Waals surface area contributed by atoms with Gasteiger partial charge in [-0.05, 0) is 24.3 Å². The van der Waals surface area contributed by atoms with Crippen LogP contribution in [0.15, 0.2) is 36.9 Å². The van der Waals surface area contributed by atoms with Gasteiger partial charge in [-0.3, -0.25) is 4.55 Å². The Kier molecular flexibility index (Phi) is 8.16. The van der Waals surface area contributed by atoms with Crippen molar-refractivity contribution in [2.75, 3.05) is 13.2 Å². The Labute approximate surface area is 181 Å². The fourth-order valence-corrected chi connectivity index (χ4v) is 3.16. The van der Waals surface area contributed by atoms with Crippen molar-refractivity contribution in [3.8, 4) is 5.75 Å². The van der Waals surface area contributed by atoms with Gasteiger partial charge in [-0.2, -0.15) is 43.2 Å². The summed E-state index contributed by atoms with van der Waals surface area (Å²) in [5.74, 6) is -10.2. The number of carbonyl (C=O) groups is 2. The summed E-state index contributed by atoms with van der Waals surface area (Å²) in [6.07, 6.45) is 0.831. The summed E-state index contributed by atoms with van der Waals surface area (Å²) in [7, 11) is -14.2. The van der Waals surface area contributed by atoms with Gasteiger partial charge in [0.25, 0.3) is 0 Å². The van der Waals surface area contributed by atoms with Gasteiger partial charge in [0.05, 0.1) is 5.56 Å². The van der Waals surface area contributed by atoms with Crippen molar-refractivity contribution in [1.82, 2.24) is 0 Å². The summed E-state index contributed by atoms with van der Waals surface area (Å²) < 4.78 is 145. The third-order valence-electron chi connectivity index (χ3n) is 3.39. The Morgan fingerprint density at radius 2 is 1.39 bits per heavy atom. The first-order valence-electron chi connectivity index (χ1n) is 7.92. The number of rotatable bonds is 11. The lowest BCUT2D eigenvalue weighted by Gasteiger charge is -2.29. The van der Waals surface area contributed by atoms with Gasteiger partial charge in [-0.25, -0.2) is 9.59 Å². The molecule has 0 aliphatic heterocycles. The second-order valence-corrected chi connectivity index (χ2v) is 8.70. The van der Waals surface area contributed by atoms with Crippen LogP contribution in [0.2, 0.25) is 0 Å². The number of alkyl halides is 6. The molecule has 18 heteroatoms. The standard InChI is InChI=1S/C15H12F6O10S2/c1-2-11(22)29-7-8-30-12(23)9-3-5-10(6-4-9)31-33(27,28)15(20,21)13(16,17)14(18,19)32(24,25)26/h2-6H,1,7-8H2,(H,24,25,26). The third kappa shape index (κ3) is 5.74. The molecule has 0 spiro atoms. The van der Waals surface area contributed by atoms with Crippen LogP contribution >= 0.6 is 0 Å². The molecule has 0 fully saturated rings. The molecule has 0 heterocycles. The molecule has 186 valence electrons. The quantitative estimate of drug-likeness (QED) is 0.112. The Balaban J connectivity index is 3.00. The van der Waals surface area contributed by atoms with Crippen LogP contribution in [0.1, 0.15) is 10.4 Å². The molecular formula is C15H12F6O10S2. The van der Waals surface area contributed by atoms with E-state index in [0.29, 0.717) is 24.3 Å². The molecule has 0 aliphatic carbocycles. The van der Waals surface area contributed by atoms with Crippen molar-refractivity contribution in [2.24, 2.45) is 0 Å². The minimum absolute atomic E-state index is 0.357. The lowest BCUT2D eigenvalue weighted by Crippen LogP contribution is -2.61. The zero-order valence-corrected chi connectivity index (χ0v) is 17.3. The Bertz CT molecular complexity index is 1110. The Hall–Kier alpha value is -2.86. The molecule has 0 atom stereocenters. The van der Waals surface area contributed by atoms with Gasteiger partial charge in [-0.1, -0.05) is 6.58 Å². The number of ether oxygens (including phenoxy) is 2. The molecule has 0 radical (unpaired) electrons. The monoisotopic (exact) mass is 530 g/mol. The summed E-state index contributed by atoms with van der Waals surface area (Å²) >= 11 is 0. The van der Waals surface area contributed by atoms with Gasteiger partial charge in [0.1, 0.15) is 19.0 Å². The minimum Gasteiger partial charge on any atom is -0.459 e. The molecule has 0 saturated heterocycles. The molecule has 1 aromatic rings. The molecule has 1 aromatic carbocycles. The highest BCUT2D eigenvalue weighted by Crippen LogP contribution is 2.50. The molecule has 1 rings (SSSR count). The summed E-state index contributed by atoms with van der Waals surface area (Å²) in [5.41, 5.74) is -0.357. The second kappa shape index (κ2) is 9.56. The van der Waals surface area contributed by atoms with Crippen LogP contribution in [-0.4, -0.2) is 63.0 Å². The van der Waals surface area contributed by atoms with Gasteiger partial charge in [0.15, 0.2) is 0 Å². The molecule has 0 bridgehead atoms. The van der Waals surface area contributed by atoms with Crippen molar-refractivity contribution >= 4 is 32.2 Å². The normalized spacial score (nSPS) is 13.2. The fraction of sp³-hybridized carbons (Fsp3) is 0.333. The molecule has 10 nitrogen and oxygen atoms in total. The number of halogens is 6. The van der Waals surface area contributed by atoms with Gasteiger partial charge in [-0.15, -0.1) is 0 Å². The average molecular weight is 530 g/mol. The maximum Gasteiger partial charge on any atom is 0.450 e. The first kappa shape index (κ1) is 28.2. The van der Waals surface area contributed by atoms with E-state index in [4.69, 9.17) is 4.55 Å². The van der Waals surface area contributed by atoms with Crippen molar-refractivity contribution in [1.29, 1.82) is 0 Å². The topological polar surface area (TPSA) is 150 Å². The zero-order chi connectivity index (χ0) is 25.9. The number of hydrogen-bond donors (Lipinski definition) is 1. The van der Waals surface area contributed by atoms with E-state index in [9.17, 15) is 52.8 Å². The van der Waals surface area contributed by atoms with Crippen LogP contribution in [0, 0.1) is 0 Å². The predicted octanol–water partition coefficient (Wildman–Crippen LogP) is 1.99. The molecule has 0 aromatic heterocycles. The maximum absolute atomic E-state index is 13.7. The summed E-state index contributed by atoms with van der Waals surface area (Å²) in [6, 6.07) is 2.35. The SMILES string of the molecule is C=CC(=O)OCCOC(=O)c1ccc(OS(=O)(=O)C(F)(F)C(F)(F)C(F)(F)S(=O)(=O)O)cc1. The molecule has 0 saturated carbocycles. The minimum atomic E-state index is -7.17. The lowest BCUT2D eigenvalue weighted by atomic mass is 10.2. The summed E-state index contributed by atoms with van der Waals surface area (Å²) in [4.78, 5) is 22.5. The van der Waals surface area contributed by atoms with Crippen molar-refractivity contribution in [3.05, 3.63) is 42.5 Å². The lowest BCUT2D eigenvalue weighted by molar-refractivity contribution is -0.247. The van der Waals surface area contributed by atoms with E-state index in [2.05, 4.69) is 20.2 Å². The van der Waals surface area contributed by atoms with Gasteiger partial charge < -0.3 is 13.7 Å². The van der Waals surface area contributed by atoms with E-state index in [-0.39, 0.29) is 12.2 Å². The number of carbonyl (C=O) groups excluding carboxylic acids is 2. The van der Waals surface area contributed by atoms with E-state index >= 15 is 0 Å². The molecule has 0 unspecified atom stereocenters. The predicted molar refractivity (Wildman–Crippen MR) is 93.8 cm³/mol. The molecular weight excluding hydrogens is 518 g/mol. The summed E-state index contributed by atoms with van der Waals surface area (Å²) in [6.45, 7) is 2.30. The van der Waals surface area contributed by atoms with Crippen LogP contribution in [-0.2, 0) is 34.5 Å². The first-order valence-corrected chi connectivity index (χ1v) is 10.8. The largest absolute Gasteiger partial charge is 0.459 e. The highest BCUT2D eigenvalue weighted by molar-refractivity contribution is 7.88. The highest BCUT2D eigenvalue weighted by Gasteiger charge is 2.83. The zero-order valence-electron chi connectivity index (χ0n) is 15.7. The van der Waals surface area contributed by atoms with E-state index in [1.165, 1.54) is 0 Å². The second-order valence-electron chi connectivity index (χ2n) is 5.65. The molecule has 33 heavy (non-hydrogen) atoms. The van der Waals surface area contributed by atoms with Crippen LogP contribution in [0.25, 0.3) is 0 Å². The average Bonchev–Trinajstić information content (AvgIpc) is 2.69. The summed E-state index contributed by atoms with van der Waals surface area (Å²) in [5, 5.41) is -13.8. The van der Waals surface area contributed by atoms with Crippen molar-refractivity contribution in [3.63, 3.8) is 0 Å². The van der Waals surface area contributed by atoms with Crippen LogP contribution in [0.4, 0.5) is 26.3 Å². The molecule has 0 amide bonds. The molecule has 1 N–H and O–H groups in total. The van der Waals surface area contributed by atoms with E-state index in [0.717, 1.165) is 6.08 Å². The van der Waals surface area contributed by atoms with Crippen LogP contribution in [0.5, 0.6) is 5.75 Å². The van der Waals surface area contributed by atoms with Gasteiger partial charge in [0, 0.05) is 6.08 Å². The number of esters is 2. The Morgan fingerprint density at radius 3 is 1.85 bits per heavy atom. The van der Waals surface area contributed by atoms with Gasteiger partial charge in [0.2, 0.25) is 0 Å². The maximum atomic E-state index is 13.7. The smallest absolute Gasteiger partial charge is 0.450 e. The number of benzene rings is 1. The van der Waals surface area contributed by atoms with E-state index in [1.807, 2.05) is 0 Å².